The molecule has 0 unspecified atom stereocenters. The molecule has 3 heterocycles. The maximum Gasteiger partial charge on any atom is 0.270 e. The average Bonchev–Trinajstić information content (AvgIpc) is 3.39. The smallest absolute Gasteiger partial charge is 0.270 e. The predicted octanol–water partition coefficient (Wildman–Crippen LogP) is 0.913. The van der Waals surface area contributed by atoms with Gasteiger partial charge in [0.2, 0.25) is 0 Å². The predicted molar refractivity (Wildman–Crippen MR) is 111 cm³/mol. The molecule has 7 heteroatoms. The number of amides is 1. The molecule has 1 aliphatic rings. The number of carbonyl (C=O) groups excluding carboxylic acids is 1. The molecule has 7 nitrogen and oxygen atoms in total. The Bertz CT molecular complexity index is 941. The van der Waals surface area contributed by atoms with Crippen LogP contribution in [0.1, 0.15) is 16.9 Å². The third kappa shape index (κ3) is 4.58. The van der Waals surface area contributed by atoms with Crippen LogP contribution in [-0.2, 0) is 11.8 Å². The number of nitrogens with one attached hydrogen (secondary N) is 2. The zero-order valence-corrected chi connectivity index (χ0v) is 16.8. The van der Waals surface area contributed by atoms with Gasteiger partial charge in [-0.1, -0.05) is 18.2 Å². The van der Waals surface area contributed by atoms with Crippen LogP contribution in [0.3, 0.4) is 0 Å². The standard InChI is InChI=1S/C22H27N5O2/c1-25-11-5-9-20(25)19-17-21(27(24-19)18-7-3-2-4-8-18)22(28)23-10-6-12-26-13-15-29-16-14-26/h2-5,7-9,11,17H,6,10,12-16H2,1H3,(H,23,28)/p+1. The SMILES string of the molecule is Cn1cccc1-c1cc(C(=O)NCCC[NH+]2CCOCC2)n(-c2ccccc2)n1. The van der Waals surface area contributed by atoms with Gasteiger partial charge in [-0.3, -0.25) is 4.79 Å². The van der Waals surface area contributed by atoms with E-state index in [0.29, 0.717) is 12.2 Å². The molecular weight excluding hydrogens is 366 g/mol. The van der Waals surface area contributed by atoms with Crippen molar-refractivity contribution in [2.24, 2.45) is 7.05 Å². The molecule has 152 valence electrons. The Morgan fingerprint density at radius 3 is 2.69 bits per heavy atom. The van der Waals surface area contributed by atoms with Gasteiger partial charge in [-0.25, -0.2) is 4.68 Å². The largest absolute Gasteiger partial charge is 0.370 e. The van der Waals surface area contributed by atoms with Crippen molar-refractivity contribution in [3.63, 3.8) is 0 Å². The maximum absolute atomic E-state index is 13.0. The molecule has 0 spiro atoms. The molecule has 1 aliphatic heterocycles. The topological polar surface area (TPSA) is 65.5 Å². The highest BCUT2D eigenvalue weighted by Gasteiger charge is 2.19. The summed E-state index contributed by atoms with van der Waals surface area (Å²) in [4.78, 5) is 14.5. The number of ether oxygens (including phenoxy) is 1. The van der Waals surface area contributed by atoms with Crippen molar-refractivity contribution in [1.29, 1.82) is 0 Å². The van der Waals surface area contributed by atoms with Crippen LogP contribution >= 0.6 is 0 Å². The molecule has 0 saturated carbocycles. The molecule has 4 rings (SSSR count). The van der Waals surface area contributed by atoms with E-state index in [1.807, 2.05) is 66.3 Å². The molecule has 0 atom stereocenters. The molecule has 1 aromatic carbocycles. The van der Waals surface area contributed by atoms with Crippen molar-refractivity contribution in [3.05, 3.63) is 60.4 Å². The number of aromatic nitrogens is 3. The monoisotopic (exact) mass is 394 g/mol. The van der Waals surface area contributed by atoms with Crippen LogP contribution in [0, 0.1) is 0 Å². The molecule has 3 aromatic rings. The van der Waals surface area contributed by atoms with Gasteiger partial charge < -0.3 is 19.5 Å². The molecule has 1 amide bonds. The third-order valence-corrected chi connectivity index (χ3v) is 5.34. The van der Waals surface area contributed by atoms with Gasteiger partial charge in [0, 0.05) is 26.2 Å². The average molecular weight is 394 g/mol. The summed E-state index contributed by atoms with van der Waals surface area (Å²) in [6, 6.07) is 15.6. The molecule has 2 aromatic heterocycles. The summed E-state index contributed by atoms with van der Waals surface area (Å²) < 4.78 is 9.13. The van der Waals surface area contributed by atoms with Crippen LogP contribution in [-0.4, -0.2) is 59.6 Å². The third-order valence-electron chi connectivity index (χ3n) is 5.34. The highest BCUT2D eigenvalue weighted by molar-refractivity contribution is 5.94. The first-order valence-corrected chi connectivity index (χ1v) is 10.2. The van der Waals surface area contributed by atoms with Gasteiger partial charge in [-0.2, -0.15) is 5.10 Å². The molecule has 0 aliphatic carbocycles. The van der Waals surface area contributed by atoms with Gasteiger partial charge in [0.15, 0.2) is 0 Å². The lowest BCUT2D eigenvalue weighted by atomic mass is 10.2. The zero-order valence-electron chi connectivity index (χ0n) is 16.8. The van der Waals surface area contributed by atoms with Crippen LogP contribution in [0.25, 0.3) is 17.1 Å². The highest BCUT2D eigenvalue weighted by Crippen LogP contribution is 2.21. The second-order valence-electron chi connectivity index (χ2n) is 7.39. The Labute approximate surface area is 170 Å². The lowest BCUT2D eigenvalue weighted by Gasteiger charge is -2.23. The first-order valence-electron chi connectivity index (χ1n) is 10.2. The Hall–Kier alpha value is -2.90. The van der Waals surface area contributed by atoms with E-state index in [9.17, 15) is 4.79 Å². The van der Waals surface area contributed by atoms with Crippen molar-refractivity contribution in [2.45, 2.75) is 6.42 Å². The van der Waals surface area contributed by atoms with Gasteiger partial charge in [0.1, 0.15) is 24.5 Å². The minimum Gasteiger partial charge on any atom is -0.370 e. The number of benzene rings is 1. The van der Waals surface area contributed by atoms with Crippen LogP contribution < -0.4 is 10.2 Å². The van der Waals surface area contributed by atoms with Gasteiger partial charge in [-0.05, 0) is 30.3 Å². The lowest BCUT2D eigenvalue weighted by Crippen LogP contribution is -3.14. The second kappa shape index (κ2) is 9.07. The van der Waals surface area contributed by atoms with Crippen LogP contribution in [0.5, 0.6) is 0 Å². The van der Waals surface area contributed by atoms with E-state index in [4.69, 9.17) is 9.84 Å². The number of rotatable bonds is 7. The minimum atomic E-state index is -0.0983. The van der Waals surface area contributed by atoms with E-state index >= 15 is 0 Å². The molecule has 0 bridgehead atoms. The van der Waals surface area contributed by atoms with Gasteiger partial charge >= 0.3 is 0 Å². The molecule has 1 fully saturated rings. The van der Waals surface area contributed by atoms with E-state index in [1.165, 1.54) is 0 Å². The van der Waals surface area contributed by atoms with E-state index in [-0.39, 0.29) is 5.91 Å². The normalized spacial score (nSPS) is 14.8. The quantitative estimate of drug-likeness (QED) is 0.586. The summed E-state index contributed by atoms with van der Waals surface area (Å²) in [7, 11) is 1.98. The summed E-state index contributed by atoms with van der Waals surface area (Å²) in [6.45, 7) is 5.47. The number of carbonyl (C=O) groups is 1. The first kappa shape index (κ1) is 19.4. The Morgan fingerprint density at radius 2 is 1.97 bits per heavy atom. The summed E-state index contributed by atoms with van der Waals surface area (Å²) in [5, 5.41) is 7.79. The summed E-state index contributed by atoms with van der Waals surface area (Å²) in [6.07, 6.45) is 2.93. The van der Waals surface area contributed by atoms with Crippen molar-refractivity contribution in [1.82, 2.24) is 19.7 Å². The van der Waals surface area contributed by atoms with E-state index in [2.05, 4.69) is 5.32 Å². The second-order valence-corrected chi connectivity index (χ2v) is 7.39. The Balaban J connectivity index is 1.48. The fourth-order valence-electron chi connectivity index (χ4n) is 3.70. The molecule has 0 radical (unpaired) electrons. The lowest BCUT2D eigenvalue weighted by molar-refractivity contribution is -0.908. The Morgan fingerprint density at radius 1 is 1.17 bits per heavy atom. The summed E-state index contributed by atoms with van der Waals surface area (Å²) in [5.74, 6) is -0.0983. The van der Waals surface area contributed by atoms with Crippen molar-refractivity contribution >= 4 is 5.91 Å². The van der Waals surface area contributed by atoms with Crippen molar-refractivity contribution in [3.8, 4) is 17.1 Å². The fraction of sp³-hybridized carbons (Fsp3) is 0.364. The van der Waals surface area contributed by atoms with Crippen molar-refractivity contribution < 1.29 is 14.4 Å². The van der Waals surface area contributed by atoms with E-state index < -0.39 is 0 Å². The van der Waals surface area contributed by atoms with Crippen molar-refractivity contribution in [2.75, 3.05) is 39.4 Å². The zero-order chi connectivity index (χ0) is 20.1. The van der Waals surface area contributed by atoms with E-state index in [1.54, 1.807) is 9.58 Å². The fourth-order valence-corrected chi connectivity index (χ4v) is 3.70. The number of nitrogens with zero attached hydrogens (tertiary/aromatic N) is 3. The minimum absolute atomic E-state index is 0.0983. The number of hydrogen-bond donors (Lipinski definition) is 2. The summed E-state index contributed by atoms with van der Waals surface area (Å²) in [5.41, 5.74) is 3.18. The number of quaternary nitrogens is 1. The van der Waals surface area contributed by atoms with Crippen LogP contribution in [0.4, 0.5) is 0 Å². The molecule has 1 saturated heterocycles. The van der Waals surface area contributed by atoms with Crippen LogP contribution in [0.2, 0.25) is 0 Å². The van der Waals surface area contributed by atoms with Crippen LogP contribution in [0.15, 0.2) is 54.7 Å². The molecular formula is C22H28N5O2+. The Kier molecular flexibility index (Phi) is 6.07. The number of morpholine rings is 1. The molecule has 29 heavy (non-hydrogen) atoms. The van der Waals surface area contributed by atoms with Gasteiger partial charge in [0.05, 0.1) is 31.1 Å². The first-order chi connectivity index (χ1) is 14.2. The number of aryl methyl sites for hydroxylation is 1. The van der Waals surface area contributed by atoms with E-state index in [0.717, 1.165) is 56.3 Å². The number of para-hydroxylation sites is 1. The highest BCUT2D eigenvalue weighted by atomic mass is 16.5. The number of hydrogen-bond acceptors (Lipinski definition) is 3. The molecule has 2 N–H and O–H groups in total. The van der Waals surface area contributed by atoms with Gasteiger partial charge in [-0.15, -0.1) is 0 Å². The maximum atomic E-state index is 13.0. The summed E-state index contributed by atoms with van der Waals surface area (Å²) >= 11 is 0. The van der Waals surface area contributed by atoms with Gasteiger partial charge in [0.25, 0.3) is 5.91 Å².